The highest BCUT2D eigenvalue weighted by molar-refractivity contribution is 6.02. The molecule has 0 saturated carbocycles. The Morgan fingerprint density at radius 1 is 1.21 bits per heavy atom. The highest BCUT2D eigenvalue weighted by atomic mass is 16.2. The second kappa shape index (κ2) is 7.03. The van der Waals surface area contributed by atoms with Gasteiger partial charge in [0.2, 0.25) is 5.82 Å². The summed E-state index contributed by atoms with van der Waals surface area (Å²) < 4.78 is 1.72. The summed E-state index contributed by atoms with van der Waals surface area (Å²) in [5, 5.41) is 2.88. The van der Waals surface area contributed by atoms with Gasteiger partial charge >= 0.3 is 0 Å². The molecule has 0 radical (unpaired) electrons. The standard InChI is InChI=1S/C18H24N4O2/c1-13(2)12-19-17(23)15-14-8-4-7-11-22(14)16(20-15)18(24)21-9-5-3-6-10-21/h4,7-8,11,13H,3,5-6,9-10,12H2,1-2H3,(H,19,23). The van der Waals surface area contributed by atoms with Crippen LogP contribution in [0.25, 0.3) is 5.52 Å². The molecule has 1 fully saturated rings. The van der Waals surface area contributed by atoms with Crippen LogP contribution in [-0.2, 0) is 0 Å². The Morgan fingerprint density at radius 3 is 2.67 bits per heavy atom. The van der Waals surface area contributed by atoms with Gasteiger partial charge in [-0.05, 0) is 37.3 Å². The van der Waals surface area contributed by atoms with Gasteiger partial charge in [-0.25, -0.2) is 4.98 Å². The number of pyridine rings is 1. The van der Waals surface area contributed by atoms with Crippen LogP contribution in [0.2, 0.25) is 0 Å². The van der Waals surface area contributed by atoms with Gasteiger partial charge in [0.25, 0.3) is 11.8 Å². The zero-order valence-corrected chi connectivity index (χ0v) is 14.3. The van der Waals surface area contributed by atoms with E-state index >= 15 is 0 Å². The number of piperidine rings is 1. The van der Waals surface area contributed by atoms with Crippen molar-refractivity contribution in [2.45, 2.75) is 33.1 Å². The Kier molecular flexibility index (Phi) is 4.83. The second-order valence-corrected chi connectivity index (χ2v) is 6.70. The van der Waals surface area contributed by atoms with E-state index in [1.807, 2.05) is 36.9 Å². The van der Waals surface area contributed by atoms with Crippen molar-refractivity contribution in [2.75, 3.05) is 19.6 Å². The smallest absolute Gasteiger partial charge is 0.290 e. The summed E-state index contributed by atoms with van der Waals surface area (Å²) in [5.41, 5.74) is 0.982. The first kappa shape index (κ1) is 16.5. The third-order valence-electron chi connectivity index (χ3n) is 4.27. The quantitative estimate of drug-likeness (QED) is 0.937. The number of aromatic nitrogens is 2. The van der Waals surface area contributed by atoms with Gasteiger partial charge in [-0.15, -0.1) is 0 Å². The monoisotopic (exact) mass is 328 g/mol. The lowest BCUT2D eigenvalue weighted by atomic mass is 10.1. The number of nitrogens with zero attached hydrogens (tertiary/aromatic N) is 3. The van der Waals surface area contributed by atoms with Gasteiger partial charge in [-0.3, -0.25) is 14.0 Å². The summed E-state index contributed by atoms with van der Waals surface area (Å²) in [6.45, 7) is 6.18. The van der Waals surface area contributed by atoms with E-state index in [1.165, 1.54) is 0 Å². The van der Waals surface area contributed by atoms with E-state index in [2.05, 4.69) is 10.3 Å². The van der Waals surface area contributed by atoms with Crippen molar-refractivity contribution in [3.8, 4) is 0 Å². The van der Waals surface area contributed by atoms with Crippen molar-refractivity contribution in [1.82, 2.24) is 19.6 Å². The topological polar surface area (TPSA) is 66.7 Å². The summed E-state index contributed by atoms with van der Waals surface area (Å²) in [5.74, 6) is 0.350. The van der Waals surface area contributed by atoms with Crippen LogP contribution in [0.1, 0.15) is 54.2 Å². The predicted molar refractivity (Wildman–Crippen MR) is 92.1 cm³/mol. The van der Waals surface area contributed by atoms with Gasteiger partial charge < -0.3 is 10.2 Å². The molecule has 3 rings (SSSR count). The Balaban J connectivity index is 1.94. The highest BCUT2D eigenvalue weighted by Gasteiger charge is 2.25. The van der Waals surface area contributed by atoms with E-state index in [1.54, 1.807) is 10.6 Å². The fourth-order valence-electron chi connectivity index (χ4n) is 2.97. The Labute approximate surface area is 141 Å². The Hall–Kier alpha value is -2.37. The van der Waals surface area contributed by atoms with Crippen molar-refractivity contribution in [3.05, 3.63) is 35.9 Å². The molecule has 1 N–H and O–H groups in total. The molecule has 0 atom stereocenters. The van der Waals surface area contributed by atoms with Crippen LogP contribution in [0.3, 0.4) is 0 Å². The van der Waals surface area contributed by atoms with E-state index in [9.17, 15) is 9.59 Å². The molecule has 2 aromatic rings. The Morgan fingerprint density at radius 2 is 1.96 bits per heavy atom. The molecule has 0 aliphatic carbocycles. The molecular formula is C18H24N4O2. The maximum atomic E-state index is 12.8. The third kappa shape index (κ3) is 3.27. The number of imidazole rings is 1. The normalized spacial score (nSPS) is 15.0. The molecule has 2 aromatic heterocycles. The lowest BCUT2D eigenvalue weighted by molar-refractivity contribution is 0.0711. The fraction of sp³-hybridized carbons (Fsp3) is 0.500. The van der Waals surface area contributed by atoms with E-state index in [-0.39, 0.29) is 11.8 Å². The molecule has 128 valence electrons. The number of likely N-dealkylation sites (tertiary alicyclic amines) is 1. The largest absolute Gasteiger partial charge is 0.350 e. The molecule has 3 heterocycles. The van der Waals surface area contributed by atoms with Crippen molar-refractivity contribution < 1.29 is 9.59 Å². The lowest BCUT2D eigenvalue weighted by Gasteiger charge is -2.25. The van der Waals surface area contributed by atoms with Gasteiger partial charge in [0.15, 0.2) is 5.69 Å². The zero-order valence-electron chi connectivity index (χ0n) is 14.3. The molecule has 1 aliphatic heterocycles. The lowest BCUT2D eigenvalue weighted by Crippen LogP contribution is -2.36. The van der Waals surface area contributed by atoms with Crippen LogP contribution in [0, 0.1) is 5.92 Å². The highest BCUT2D eigenvalue weighted by Crippen LogP contribution is 2.17. The van der Waals surface area contributed by atoms with Crippen molar-refractivity contribution >= 4 is 17.3 Å². The first-order valence-corrected chi connectivity index (χ1v) is 8.62. The maximum Gasteiger partial charge on any atom is 0.290 e. The SMILES string of the molecule is CC(C)CNC(=O)c1nc(C(=O)N2CCCCC2)n2ccccc12. The second-order valence-electron chi connectivity index (χ2n) is 6.70. The van der Waals surface area contributed by atoms with Gasteiger partial charge in [-0.1, -0.05) is 19.9 Å². The molecule has 0 aromatic carbocycles. The molecule has 1 aliphatic rings. The molecule has 6 heteroatoms. The average molecular weight is 328 g/mol. The minimum Gasteiger partial charge on any atom is -0.350 e. The number of amides is 2. The van der Waals surface area contributed by atoms with Crippen LogP contribution < -0.4 is 5.32 Å². The molecule has 0 bridgehead atoms. The van der Waals surface area contributed by atoms with Gasteiger partial charge in [0, 0.05) is 25.8 Å². The number of fused-ring (bicyclic) bond motifs is 1. The van der Waals surface area contributed by atoms with E-state index < -0.39 is 0 Å². The zero-order chi connectivity index (χ0) is 17.1. The molecule has 24 heavy (non-hydrogen) atoms. The molecule has 6 nitrogen and oxygen atoms in total. The van der Waals surface area contributed by atoms with Crippen LogP contribution in [0.5, 0.6) is 0 Å². The minimum atomic E-state index is -0.231. The van der Waals surface area contributed by atoms with Crippen LogP contribution in [0.15, 0.2) is 24.4 Å². The third-order valence-corrected chi connectivity index (χ3v) is 4.27. The first-order valence-electron chi connectivity index (χ1n) is 8.62. The van der Waals surface area contributed by atoms with E-state index in [0.717, 1.165) is 32.4 Å². The van der Waals surface area contributed by atoms with E-state index in [4.69, 9.17) is 0 Å². The molecule has 1 saturated heterocycles. The average Bonchev–Trinajstić information content (AvgIpc) is 2.99. The molecule has 0 spiro atoms. The summed E-state index contributed by atoms with van der Waals surface area (Å²) in [7, 11) is 0. The number of hydrogen-bond acceptors (Lipinski definition) is 3. The number of carbonyl (C=O) groups is 2. The fourth-order valence-corrected chi connectivity index (χ4v) is 2.97. The summed E-state index contributed by atoms with van der Waals surface area (Å²) in [6.07, 6.45) is 5.00. The van der Waals surface area contributed by atoms with Crippen LogP contribution in [-0.4, -0.2) is 45.7 Å². The minimum absolute atomic E-state index is 0.0983. The van der Waals surface area contributed by atoms with Gasteiger partial charge in [0.1, 0.15) is 0 Å². The molecular weight excluding hydrogens is 304 g/mol. The summed E-state index contributed by atoms with van der Waals surface area (Å²) >= 11 is 0. The summed E-state index contributed by atoms with van der Waals surface area (Å²) in [6, 6.07) is 5.52. The van der Waals surface area contributed by atoms with Crippen LogP contribution in [0.4, 0.5) is 0 Å². The first-order chi connectivity index (χ1) is 11.6. The van der Waals surface area contributed by atoms with E-state index in [0.29, 0.717) is 29.5 Å². The molecule has 2 amide bonds. The van der Waals surface area contributed by atoms with Crippen molar-refractivity contribution in [3.63, 3.8) is 0 Å². The number of rotatable bonds is 4. The van der Waals surface area contributed by atoms with Crippen molar-refractivity contribution in [1.29, 1.82) is 0 Å². The van der Waals surface area contributed by atoms with Crippen molar-refractivity contribution in [2.24, 2.45) is 5.92 Å². The predicted octanol–water partition coefficient (Wildman–Crippen LogP) is 2.35. The Bertz CT molecular complexity index is 745. The van der Waals surface area contributed by atoms with Gasteiger partial charge in [-0.2, -0.15) is 0 Å². The summed E-state index contributed by atoms with van der Waals surface area (Å²) in [4.78, 5) is 31.5. The maximum absolute atomic E-state index is 12.8. The van der Waals surface area contributed by atoms with Gasteiger partial charge in [0.05, 0.1) is 5.52 Å². The number of hydrogen-bond donors (Lipinski definition) is 1. The number of carbonyl (C=O) groups excluding carboxylic acids is 2. The van der Waals surface area contributed by atoms with Crippen LogP contribution >= 0.6 is 0 Å². The number of nitrogens with one attached hydrogen (secondary N) is 1. The molecule has 0 unspecified atom stereocenters.